The summed E-state index contributed by atoms with van der Waals surface area (Å²) in [4.78, 5) is 21.4. The molecule has 1 N–H and O–H groups in total. The van der Waals surface area contributed by atoms with E-state index in [2.05, 4.69) is 9.97 Å². The summed E-state index contributed by atoms with van der Waals surface area (Å²) in [5, 5.41) is 9.71. The second-order valence-corrected chi connectivity index (χ2v) is 4.60. The van der Waals surface area contributed by atoms with Crippen LogP contribution in [-0.4, -0.2) is 34.1 Å². The van der Waals surface area contributed by atoms with Crippen molar-refractivity contribution in [3.63, 3.8) is 0 Å². The highest BCUT2D eigenvalue weighted by molar-refractivity contribution is 5.78. The molecule has 1 fully saturated rings. The number of carbonyl (C=O) groups is 1. The Bertz CT molecular complexity index is 594. The Kier molecular flexibility index (Phi) is 2.59. The Morgan fingerprint density at radius 3 is 2.94 bits per heavy atom. The molecule has 5 nitrogen and oxygen atoms in total. The Balaban J connectivity index is 1.74. The number of nitrogens with zero attached hydrogens (tertiary/aromatic N) is 3. The molecule has 0 amide bonds. The first-order valence-electron chi connectivity index (χ1n) is 5.91. The molecule has 1 aliphatic heterocycles. The average molecular weight is 243 g/mol. The van der Waals surface area contributed by atoms with Gasteiger partial charge in [0.1, 0.15) is 0 Å². The fourth-order valence-corrected chi connectivity index (χ4v) is 2.22. The molecule has 3 rings (SSSR count). The molecule has 1 saturated heterocycles. The molecule has 2 heterocycles. The molecule has 18 heavy (non-hydrogen) atoms. The van der Waals surface area contributed by atoms with Crippen molar-refractivity contribution in [1.82, 2.24) is 9.97 Å². The van der Waals surface area contributed by atoms with Gasteiger partial charge in [-0.3, -0.25) is 4.79 Å². The lowest BCUT2D eigenvalue weighted by atomic mass is 9.97. The van der Waals surface area contributed by atoms with Crippen molar-refractivity contribution in [1.29, 1.82) is 0 Å². The normalized spacial score (nSPS) is 15.7. The molecule has 0 aliphatic carbocycles. The largest absolute Gasteiger partial charge is 0.481 e. The number of rotatable bonds is 3. The quantitative estimate of drug-likeness (QED) is 0.885. The fraction of sp³-hybridized carbons (Fsp3) is 0.308. The third-order valence-electron chi connectivity index (χ3n) is 3.18. The van der Waals surface area contributed by atoms with Gasteiger partial charge in [-0.1, -0.05) is 18.2 Å². The van der Waals surface area contributed by atoms with Crippen LogP contribution in [0.25, 0.3) is 10.9 Å². The van der Waals surface area contributed by atoms with Crippen molar-refractivity contribution in [3.8, 4) is 0 Å². The Morgan fingerprint density at radius 2 is 2.17 bits per heavy atom. The molecule has 0 atom stereocenters. The van der Waals surface area contributed by atoms with Gasteiger partial charge in [-0.2, -0.15) is 0 Å². The zero-order chi connectivity index (χ0) is 12.5. The second kappa shape index (κ2) is 4.25. The predicted molar refractivity (Wildman–Crippen MR) is 67.5 cm³/mol. The molecule has 92 valence electrons. The highest BCUT2D eigenvalue weighted by atomic mass is 16.4. The number of benzene rings is 1. The van der Waals surface area contributed by atoms with Gasteiger partial charge in [0, 0.05) is 30.6 Å². The minimum absolute atomic E-state index is 0.220. The van der Waals surface area contributed by atoms with Crippen molar-refractivity contribution >= 4 is 22.8 Å². The SMILES string of the molecule is O=C(O)CC1CN(c2ncc3ccccc3n2)C1. The van der Waals surface area contributed by atoms with Gasteiger partial charge in [0.05, 0.1) is 11.9 Å². The van der Waals surface area contributed by atoms with Gasteiger partial charge in [-0.15, -0.1) is 0 Å². The van der Waals surface area contributed by atoms with E-state index in [4.69, 9.17) is 5.11 Å². The lowest BCUT2D eigenvalue weighted by Crippen LogP contribution is -2.48. The van der Waals surface area contributed by atoms with Gasteiger partial charge < -0.3 is 10.0 Å². The summed E-state index contributed by atoms with van der Waals surface area (Å²) < 4.78 is 0. The number of carboxylic acid groups (broad SMARTS) is 1. The summed E-state index contributed by atoms with van der Waals surface area (Å²) in [5.41, 5.74) is 0.921. The van der Waals surface area contributed by atoms with Crippen LogP contribution in [0.4, 0.5) is 5.95 Å². The van der Waals surface area contributed by atoms with E-state index in [0.717, 1.165) is 24.0 Å². The van der Waals surface area contributed by atoms with Crippen LogP contribution in [-0.2, 0) is 4.79 Å². The summed E-state index contributed by atoms with van der Waals surface area (Å²) in [7, 11) is 0. The molecule has 0 spiro atoms. The van der Waals surface area contributed by atoms with Crippen LogP contribution in [0, 0.1) is 5.92 Å². The highest BCUT2D eigenvalue weighted by Gasteiger charge is 2.30. The first-order valence-corrected chi connectivity index (χ1v) is 5.91. The molecule has 5 heteroatoms. The summed E-state index contributed by atoms with van der Waals surface area (Å²) in [6.45, 7) is 1.45. The van der Waals surface area contributed by atoms with Gasteiger partial charge in [-0.25, -0.2) is 9.97 Å². The van der Waals surface area contributed by atoms with Crippen molar-refractivity contribution < 1.29 is 9.90 Å². The first kappa shape index (κ1) is 11.0. The summed E-state index contributed by atoms with van der Waals surface area (Å²) >= 11 is 0. The van der Waals surface area contributed by atoms with Gasteiger partial charge in [0.2, 0.25) is 5.95 Å². The number of aliphatic carboxylic acids is 1. The number of aromatic nitrogens is 2. The molecule has 1 aromatic heterocycles. The molecule has 2 aromatic rings. The van der Waals surface area contributed by atoms with E-state index >= 15 is 0 Å². The summed E-state index contributed by atoms with van der Waals surface area (Å²) in [6, 6.07) is 7.83. The molecule has 0 radical (unpaired) electrons. The maximum absolute atomic E-state index is 10.6. The van der Waals surface area contributed by atoms with E-state index < -0.39 is 5.97 Å². The van der Waals surface area contributed by atoms with E-state index in [0.29, 0.717) is 5.95 Å². The third-order valence-corrected chi connectivity index (χ3v) is 3.18. The van der Waals surface area contributed by atoms with Crippen molar-refractivity contribution in [3.05, 3.63) is 30.5 Å². The first-order chi connectivity index (χ1) is 8.72. The van der Waals surface area contributed by atoms with E-state index in [1.165, 1.54) is 0 Å². The Hall–Kier alpha value is -2.17. The smallest absolute Gasteiger partial charge is 0.303 e. The van der Waals surface area contributed by atoms with Gasteiger partial charge >= 0.3 is 5.97 Å². The summed E-state index contributed by atoms with van der Waals surface area (Å²) in [5.74, 6) is 0.173. The minimum Gasteiger partial charge on any atom is -0.481 e. The maximum atomic E-state index is 10.6. The standard InChI is InChI=1S/C13H13N3O2/c17-12(18)5-9-7-16(8-9)13-14-6-10-3-1-2-4-11(10)15-13/h1-4,6,9H,5,7-8H2,(H,17,18). The monoisotopic (exact) mass is 243 g/mol. The van der Waals surface area contributed by atoms with E-state index in [1.807, 2.05) is 35.4 Å². The maximum Gasteiger partial charge on any atom is 0.303 e. The second-order valence-electron chi connectivity index (χ2n) is 4.60. The zero-order valence-corrected chi connectivity index (χ0v) is 9.78. The Labute approximate surface area is 104 Å². The van der Waals surface area contributed by atoms with E-state index in [1.54, 1.807) is 0 Å². The molecule has 1 aliphatic rings. The topological polar surface area (TPSA) is 66.3 Å². The molecule has 0 unspecified atom stereocenters. The zero-order valence-electron chi connectivity index (χ0n) is 9.78. The van der Waals surface area contributed by atoms with E-state index in [9.17, 15) is 4.79 Å². The lowest BCUT2D eigenvalue weighted by Gasteiger charge is -2.38. The average Bonchev–Trinajstić information content (AvgIpc) is 2.32. The van der Waals surface area contributed by atoms with Crippen molar-refractivity contribution in [2.75, 3.05) is 18.0 Å². The third kappa shape index (κ3) is 1.99. The number of hydrogen-bond donors (Lipinski definition) is 1. The van der Waals surface area contributed by atoms with Gasteiger partial charge in [0.15, 0.2) is 0 Å². The molecular formula is C13H13N3O2. The Morgan fingerprint density at radius 1 is 1.39 bits per heavy atom. The lowest BCUT2D eigenvalue weighted by molar-refractivity contribution is -0.138. The molecular weight excluding hydrogens is 230 g/mol. The number of anilines is 1. The van der Waals surface area contributed by atoms with E-state index in [-0.39, 0.29) is 12.3 Å². The summed E-state index contributed by atoms with van der Waals surface area (Å²) in [6.07, 6.45) is 2.03. The van der Waals surface area contributed by atoms with Crippen LogP contribution in [0.1, 0.15) is 6.42 Å². The van der Waals surface area contributed by atoms with Gasteiger partial charge in [-0.05, 0) is 6.07 Å². The van der Waals surface area contributed by atoms with Crippen LogP contribution < -0.4 is 4.90 Å². The number of fused-ring (bicyclic) bond motifs is 1. The van der Waals surface area contributed by atoms with Crippen LogP contribution in [0.5, 0.6) is 0 Å². The highest BCUT2D eigenvalue weighted by Crippen LogP contribution is 2.24. The number of carboxylic acids is 1. The van der Waals surface area contributed by atoms with Crippen LogP contribution in [0.2, 0.25) is 0 Å². The van der Waals surface area contributed by atoms with Crippen LogP contribution in [0.15, 0.2) is 30.5 Å². The van der Waals surface area contributed by atoms with Gasteiger partial charge in [0.25, 0.3) is 0 Å². The van der Waals surface area contributed by atoms with Crippen molar-refractivity contribution in [2.45, 2.75) is 6.42 Å². The predicted octanol–water partition coefficient (Wildman–Crippen LogP) is 1.54. The molecule has 0 saturated carbocycles. The fourth-order valence-electron chi connectivity index (χ4n) is 2.22. The van der Waals surface area contributed by atoms with Crippen LogP contribution >= 0.6 is 0 Å². The van der Waals surface area contributed by atoms with Crippen molar-refractivity contribution in [2.24, 2.45) is 5.92 Å². The molecule has 0 bridgehead atoms. The minimum atomic E-state index is -0.737. The number of hydrogen-bond acceptors (Lipinski definition) is 4. The number of para-hydroxylation sites is 1. The van der Waals surface area contributed by atoms with Crippen LogP contribution in [0.3, 0.4) is 0 Å². The molecule has 1 aromatic carbocycles.